The molecule has 0 aromatic carbocycles. The minimum Gasteiger partial charge on any atom is -0.438 e. The summed E-state index contributed by atoms with van der Waals surface area (Å²) in [6.45, 7) is 2.49. The molecular formula is C18H24N4O7. The molecule has 158 valence electrons. The molecule has 3 rings (SSSR count). The van der Waals surface area contributed by atoms with Crippen LogP contribution in [0.5, 0.6) is 0 Å². The summed E-state index contributed by atoms with van der Waals surface area (Å²) in [7, 11) is 1.24. The average molecular weight is 408 g/mol. The number of ether oxygens (including phenoxy) is 3. The molecule has 0 aromatic rings. The van der Waals surface area contributed by atoms with E-state index in [9.17, 15) is 14.4 Å². The molecule has 0 saturated carbocycles. The summed E-state index contributed by atoms with van der Waals surface area (Å²) in [5.41, 5.74) is 7.11. The number of rotatable bonds is 3. The van der Waals surface area contributed by atoms with E-state index in [2.05, 4.69) is 9.89 Å². The van der Waals surface area contributed by atoms with Crippen LogP contribution in [0.15, 0.2) is 28.6 Å². The topological polar surface area (TPSA) is 144 Å². The van der Waals surface area contributed by atoms with Crippen LogP contribution in [0.3, 0.4) is 0 Å². The predicted molar refractivity (Wildman–Crippen MR) is 99.1 cm³/mol. The van der Waals surface area contributed by atoms with Gasteiger partial charge in [-0.3, -0.25) is 9.69 Å². The Hall–Kier alpha value is -3.08. The second-order valence-corrected chi connectivity index (χ2v) is 6.96. The van der Waals surface area contributed by atoms with Crippen LogP contribution < -0.4 is 5.73 Å². The van der Waals surface area contributed by atoms with Gasteiger partial charge in [0, 0.05) is 25.9 Å². The summed E-state index contributed by atoms with van der Waals surface area (Å²) in [5, 5.41) is 12.4. The van der Waals surface area contributed by atoms with Gasteiger partial charge in [0.05, 0.1) is 25.4 Å². The minimum absolute atomic E-state index is 0.0429. The third-order valence-electron chi connectivity index (χ3n) is 5.21. The van der Waals surface area contributed by atoms with Crippen LogP contribution in [0.4, 0.5) is 9.59 Å². The highest BCUT2D eigenvalue weighted by atomic mass is 16.7. The number of carbonyl (C=O) groups is 3. The molecule has 29 heavy (non-hydrogen) atoms. The number of cyclic esters (lactones) is 1. The first-order valence-corrected chi connectivity index (χ1v) is 9.24. The number of methoxy groups -OCH3 is 1. The van der Waals surface area contributed by atoms with Crippen molar-refractivity contribution >= 4 is 23.9 Å². The lowest BCUT2D eigenvalue weighted by atomic mass is 9.97. The van der Waals surface area contributed by atoms with E-state index in [1.165, 1.54) is 12.0 Å². The number of nitrogens with two attached hydrogens (primary N) is 1. The zero-order valence-corrected chi connectivity index (χ0v) is 16.2. The fourth-order valence-corrected chi connectivity index (χ4v) is 3.60. The maximum Gasteiger partial charge on any atom is 0.508 e. The van der Waals surface area contributed by atoms with Gasteiger partial charge >= 0.3 is 12.2 Å². The van der Waals surface area contributed by atoms with E-state index in [1.807, 2.05) is 0 Å². The molecule has 1 aliphatic carbocycles. The number of amides is 2. The Bertz CT molecular complexity index is 783. The average Bonchev–Trinajstić information content (AvgIpc) is 3.09. The van der Waals surface area contributed by atoms with Crippen LogP contribution in [0.2, 0.25) is 0 Å². The molecule has 0 radical (unpaired) electrons. The number of likely N-dealkylation sites (tertiary alicyclic amines) is 1. The predicted octanol–water partition coefficient (Wildman–Crippen LogP) is 0.583. The standard InChI is InChI=1S/C18H24N4O7/c1-10-13(4-3-12(19)15(10)20-26)22-9-14(29-17(22)24)16(23)21-7-5-11(6-8-21)28-18(25)27-2/h3-4,11-12,14,26H,5-9,19H2,1-2H3. The van der Waals surface area contributed by atoms with E-state index in [-0.39, 0.29) is 24.3 Å². The van der Waals surface area contributed by atoms with Gasteiger partial charge in [-0.25, -0.2) is 9.59 Å². The van der Waals surface area contributed by atoms with Crippen molar-refractivity contribution in [3.05, 3.63) is 23.4 Å². The molecule has 0 aromatic heterocycles. The van der Waals surface area contributed by atoms with Crippen molar-refractivity contribution in [2.24, 2.45) is 10.9 Å². The minimum atomic E-state index is -0.945. The Morgan fingerprint density at radius 3 is 2.66 bits per heavy atom. The third-order valence-corrected chi connectivity index (χ3v) is 5.21. The lowest BCUT2D eigenvalue weighted by Crippen LogP contribution is -2.46. The molecule has 2 fully saturated rings. The van der Waals surface area contributed by atoms with Crippen molar-refractivity contribution in [3.8, 4) is 0 Å². The summed E-state index contributed by atoms with van der Waals surface area (Å²) < 4.78 is 14.9. The SMILES string of the molecule is COC(=O)OC1CCN(C(=O)C2CN(C3=C(C)C(=NO)C(N)C=C3)C(=O)O2)CC1. The Kier molecular flexibility index (Phi) is 6.06. The van der Waals surface area contributed by atoms with Gasteiger partial charge in [-0.2, -0.15) is 0 Å². The molecule has 11 heteroatoms. The first-order valence-electron chi connectivity index (χ1n) is 9.24. The van der Waals surface area contributed by atoms with Crippen molar-refractivity contribution < 1.29 is 33.8 Å². The van der Waals surface area contributed by atoms with E-state index in [0.29, 0.717) is 37.2 Å². The van der Waals surface area contributed by atoms with E-state index in [4.69, 9.17) is 20.4 Å². The van der Waals surface area contributed by atoms with Crippen LogP contribution in [0.25, 0.3) is 0 Å². The molecule has 2 aliphatic heterocycles. The number of hydrogen-bond acceptors (Lipinski definition) is 9. The maximum absolute atomic E-state index is 12.8. The van der Waals surface area contributed by atoms with Crippen molar-refractivity contribution in [1.29, 1.82) is 0 Å². The summed E-state index contributed by atoms with van der Waals surface area (Å²) >= 11 is 0. The zero-order valence-electron chi connectivity index (χ0n) is 16.2. The van der Waals surface area contributed by atoms with E-state index >= 15 is 0 Å². The molecule has 3 N–H and O–H groups in total. The van der Waals surface area contributed by atoms with Crippen LogP contribution >= 0.6 is 0 Å². The zero-order chi connectivity index (χ0) is 21.1. The monoisotopic (exact) mass is 408 g/mol. The molecule has 2 saturated heterocycles. The van der Waals surface area contributed by atoms with Crippen LogP contribution in [-0.4, -0.2) is 83.9 Å². The van der Waals surface area contributed by atoms with Crippen molar-refractivity contribution in [2.75, 3.05) is 26.7 Å². The summed E-state index contributed by atoms with van der Waals surface area (Å²) in [5.74, 6) is -0.303. The van der Waals surface area contributed by atoms with E-state index < -0.39 is 24.4 Å². The lowest BCUT2D eigenvalue weighted by molar-refractivity contribution is -0.140. The molecule has 2 unspecified atom stereocenters. The Morgan fingerprint density at radius 2 is 2.03 bits per heavy atom. The van der Waals surface area contributed by atoms with Gasteiger partial charge in [-0.15, -0.1) is 0 Å². The first kappa shape index (κ1) is 20.6. The van der Waals surface area contributed by atoms with E-state index in [1.54, 1.807) is 24.0 Å². The van der Waals surface area contributed by atoms with Gasteiger partial charge in [-0.1, -0.05) is 11.2 Å². The summed E-state index contributed by atoms with van der Waals surface area (Å²) in [4.78, 5) is 39.3. The number of hydrogen-bond donors (Lipinski definition) is 2. The second kappa shape index (κ2) is 8.52. The Labute approximate surface area is 167 Å². The Balaban J connectivity index is 1.62. The molecule has 3 aliphatic rings. The lowest BCUT2D eigenvalue weighted by Gasteiger charge is -2.32. The Morgan fingerprint density at radius 1 is 1.34 bits per heavy atom. The first-order chi connectivity index (χ1) is 13.8. The van der Waals surface area contributed by atoms with E-state index in [0.717, 1.165) is 0 Å². The van der Waals surface area contributed by atoms with Crippen molar-refractivity contribution in [3.63, 3.8) is 0 Å². The maximum atomic E-state index is 12.8. The third kappa shape index (κ3) is 4.19. The molecule has 0 spiro atoms. The largest absolute Gasteiger partial charge is 0.508 e. The highest BCUT2D eigenvalue weighted by Crippen LogP contribution is 2.26. The molecule has 2 heterocycles. The number of carbonyl (C=O) groups excluding carboxylic acids is 3. The summed E-state index contributed by atoms with van der Waals surface area (Å²) in [6, 6.07) is -0.576. The van der Waals surface area contributed by atoms with Gasteiger partial charge in [0.15, 0.2) is 6.10 Å². The quantitative estimate of drug-likeness (QED) is 0.392. The molecule has 0 bridgehead atoms. The highest BCUT2D eigenvalue weighted by Gasteiger charge is 2.41. The van der Waals surface area contributed by atoms with Gasteiger partial charge in [0.2, 0.25) is 0 Å². The highest BCUT2D eigenvalue weighted by molar-refractivity contribution is 6.06. The van der Waals surface area contributed by atoms with Gasteiger partial charge < -0.3 is 30.1 Å². The molecule has 11 nitrogen and oxygen atoms in total. The second-order valence-electron chi connectivity index (χ2n) is 6.96. The molecule has 2 amide bonds. The molecule has 2 atom stereocenters. The molecular weight excluding hydrogens is 384 g/mol. The fraction of sp³-hybridized carbons (Fsp3) is 0.556. The van der Waals surface area contributed by atoms with Gasteiger partial charge in [-0.05, 0) is 18.6 Å². The van der Waals surface area contributed by atoms with Crippen LogP contribution in [0, 0.1) is 0 Å². The van der Waals surface area contributed by atoms with Crippen molar-refractivity contribution in [2.45, 2.75) is 38.0 Å². The normalized spacial score (nSPS) is 26.7. The number of allylic oxidation sites excluding steroid dienone is 1. The smallest absolute Gasteiger partial charge is 0.438 e. The number of piperidine rings is 1. The van der Waals surface area contributed by atoms with Gasteiger partial charge in [0.1, 0.15) is 11.8 Å². The fourth-order valence-electron chi connectivity index (χ4n) is 3.60. The van der Waals surface area contributed by atoms with Crippen LogP contribution in [-0.2, 0) is 19.0 Å². The van der Waals surface area contributed by atoms with Gasteiger partial charge in [0.25, 0.3) is 5.91 Å². The summed E-state index contributed by atoms with van der Waals surface area (Å²) in [6.07, 6.45) is 1.56. The van der Waals surface area contributed by atoms with Crippen LogP contribution in [0.1, 0.15) is 19.8 Å². The van der Waals surface area contributed by atoms with Crippen molar-refractivity contribution in [1.82, 2.24) is 9.80 Å². The number of oxime groups is 1. The number of nitrogens with zero attached hydrogens (tertiary/aromatic N) is 3.